The van der Waals surface area contributed by atoms with E-state index in [0.717, 1.165) is 12.8 Å². The Labute approximate surface area is 175 Å². The minimum absolute atomic E-state index is 0.0204. The van der Waals surface area contributed by atoms with Gasteiger partial charge in [0.05, 0.1) is 0 Å². The molecule has 30 heavy (non-hydrogen) atoms. The number of rotatable bonds is 4. The molecule has 1 saturated heterocycles. The fourth-order valence-electron chi connectivity index (χ4n) is 3.35. The molecule has 9 heteroatoms. The molecule has 0 bridgehead atoms. The lowest BCUT2D eigenvalue weighted by atomic mass is 9.98. The van der Waals surface area contributed by atoms with Crippen molar-refractivity contribution >= 4 is 28.8 Å². The molecule has 0 spiro atoms. The van der Waals surface area contributed by atoms with E-state index in [9.17, 15) is 18.4 Å². The zero-order chi connectivity index (χ0) is 21.1. The number of nitrogens with zero attached hydrogens (tertiary/aromatic N) is 3. The number of carbonyl (C=O) groups is 2. The maximum absolute atomic E-state index is 13.1. The number of halogens is 2. The first-order chi connectivity index (χ1) is 14.5. The van der Waals surface area contributed by atoms with Gasteiger partial charge in [-0.05, 0) is 61.4 Å². The van der Waals surface area contributed by atoms with Crippen molar-refractivity contribution in [1.29, 1.82) is 0 Å². The van der Waals surface area contributed by atoms with E-state index in [4.69, 9.17) is 0 Å². The van der Waals surface area contributed by atoms with Gasteiger partial charge < -0.3 is 10.2 Å². The zero-order valence-electron chi connectivity index (χ0n) is 15.8. The minimum atomic E-state index is -0.416. The number of amides is 2. The first-order valence-corrected chi connectivity index (χ1v) is 10.3. The average molecular weight is 428 g/mol. The molecule has 2 heterocycles. The number of piperidine rings is 1. The predicted molar refractivity (Wildman–Crippen MR) is 109 cm³/mol. The average Bonchev–Trinajstić information content (AvgIpc) is 3.26. The highest BCUT2D eigenvalue weighted by Crippen LogP contribution is 2.30. The Morgan fingerprint density at radius 2 is 1.67 bits per heavy atom. The molecule has 1 N–H and O–H groups in total. The number of aromatic nitrogens is 2. The summed E-state index contributed by atoms with van der Waals surface area (Å²) in [4.78, 5) is 26.8. The van der Waals surface area contributed by atoms with Crippen LogP contribution in [0.2, 0.25) is 0 Å². The van der Waals surface area contributed by atoms with E-state index >= 15 is 0 Å². The van der Waals surface area contributed by atoms with Crippen LogP contribution in [0.25, 0.3) is 0 Å². The van der Waals surface area contributed by atoms with Crippen molar-refractivity contribution in [3.8, 4) is 0 Å². The molecule has 4 rings (SSSR count). The van der Waals surface area contributed by atoms with E-state index in [2.05, 4.69) is 15.5 Å². The summed E-state index contributed by atoms with van der Waals surface area (Å²) in [5, 5.41) is 11.7. The fourth-order valence-corrected chi connectivity index (χ4v) is 4.21. The van der Waals surface area contributed by atoms with E-state index in [-0.39, 0.29) is 28.5 Å². The molecule has 0 radical (unpaired) electrons. The normalized spacial score (nSPS) is 16.3. The summed E-state index contributed by atoms with van der Waals surface area (Å²) in [6.07, 6.45) is 1.63. The molecule has 6 nitrogen and oxygen atoms in total. The Bertz CT molecular complexity index is 1050. The molecule has 1 fully saturated rings. The van der Waals surface area contributed by atoms with Crippen molar-refractivity contribution < 1.29 is 18.4 Å². The molecule has 154 valence electrons. The topological polar surface area (TPSA) is 75.2 Å². The first kappa shape index (κ1) is 20.1. The van der Waals surface area contributed by atoms with E-state index in [1.165, 1.54) is 59.9 Å². The number of nitrogens with one attached hydrogen (secondary N) is 1. The van der Waals surface area contributed by atoms with Crippen LogP contribution in [-0.4, -0.2) is 40.0 Å². The van der Waals surface area contributed by atoms with E-state index in [0.29, 0.717) is 29.3 Å². The van der Waals surface area contributed by atoms with Gasteiger partial charge in [0.1, 0.15) is 16.6 Å². The summed E-state index contributed by atoms with van der Waals surface area (Å²) < 4.78 is 26.1. The minimum Gasteiger partial charge on any atom is -0.338 e. The second-order valence-electron chi connectivity index (χ2n) is 7.00. The highest BCUT2D eigenvalue weighted by molar-refractivity contribution is 7.13. The van der Waals surface area contributed by atoms with Crippen LogP contribution in [0.15, 0.2) is 48.5 Å². The lowest BCUT2D eigenvalue weighted by Crippen LogP contribution is -2.39. The summed E-state index contributed by atoms with van der Waals surface area (Å²) in [7, 11) is 0. The second kappa shape index (κ2) is 8.66. The number of hydrogen-bond acceptors (Lipinski definition) is 5. The van der Waals surface area contributed by atoms with Crippen LogP contribution in [0.5, 0.6) is 0 Å². The van der Waals surface area contributed by atoms with E-state index in [1.807, 2.05) is 0 Å². The number of hydrogen-bond donors (Lipinski definition) is 1. The van der Waals surface area contributed by atoms with Gasteiger partial charge >= 0.3 is 0 Å². The van der Waals surface area contributed by atoms with Gasteiger partial charge in [-0.1, -0.05) is 11.3 Å². The maximum atomic E-state index is 13.1. The molecule has 1 aromatic heterocycles. The highest BCUT2D eigenvalue weighted by Gasteiger charge is 2.28. The van der Waals surface area contributed by atoms with Gasteiger partial charge in [-0.25, -0.2) is 8.78 Å². The molecule has 3 aromatic rings. The molecular weight excluding hydrogens is 410 g/mol. The van der Waals surface area contributed by atoms with Gasteiger partial charge in [-0.2, -0.15) is 0 Å². The molecule has 2 amide bonds. The highest BCUT2D eigenvalue weighted by atomic mass is 32.1. The molecule has 0 saturated carbocycles. The molecule has 1 aliphatic rings. The molecule has 0 unspecified atom stereocenters. The summed E-state index contributed by atoms with van der Waals surface area (Å²) in [5.41, 5.74) is 0.903. The van der Waals surface area contributed by atoms with Crippen LogP contribution in [0.1, 0.15) is 43.9 Å². The van der Waals surface area contributed by atoms with E-state index in [1.54, 1.807) is 4.90 Å². The van der Waals surface area contributed by atoms with E-state index < -0.39 is 5.91 Å². The summed E-state index contributed by atoms with van der Waals surface area (Å²) in [6, 6.07) is 10.9. The van der Waals surface area contributed by atoms with Gasteiger partial charge in [0.2, 0.25) is 5.01 Å². The number of benzene rings is 2. The smallest absolute Gasteiger partial charge is 0.286 e. The SMILES string of the molecule is O=C(Nc1ccc(F)cc1)c1nnc([C@H]2CCCN(C(=O)c3ccc(F)cc3)C2)s1. The summed E-state index contributed by atoms with van der Waals surface area (Å²) >= 11 is 1.19. The van der Waals surface area contributed by atoms with Gasteiger partial charge in [0.15, 0.2) is 0 Å². The third-order valence-electron chi connectivity index (χ3n) is 4.89. The lowest BCUT2D eigenvalue weighted by molar-refractivity contribution is 0.0706. The van der Waals surface area contributed by atoms with Crippen molar-refractivity contribution in [2.24, 2.45) is 0 Å². The predicted octanol–water partition coefficient (Wildman–Crippen LogP) is 4.09. The van der Waals surface area contributed by atoms with Gasteiger partial charge in [-0.15, -0.1) is 10.2 Å². The summed E-state index contributed by atoms with van der Waals surface area (Å²) in [5.74, 6) is -1.36. The van der Waals surface area contributed by atoms with Crippen LogP contribution in [0.3, 0.4) is 0 Å². The Morgan fingerprint density at radius 1 is 1.00 bits per heavy atom. The van der Waals surface area contributed by atoms with Crippen LogP contribution < -0.4 is 5.32 Å². The quantitative estimate of drug-likeness (QED) is 0.679. The fraction of sp³-hybridized carbons (Fsp3) is 0.238. The second-order valence-corrected chi connectivity index (χ2v) is 8.01. The van der Waals surface area contributed by atoms with Crippen LogP contribution in [0.4, 0.5) is 14.5 Å². The van der Waals surface area contributed by atoms with Crippen molar-refractivity contribution in [1.82, 2.24) is 15.1 Å². The molecule has 1 atom stereocenters. The maximum Gasteiger partial charge on any atom is 0.286 e. The van der Waals surface area contributed by atoms with Crippen LogP contribution >= 0.6 is 11.3 Å². The van der Waals surface area contributed by atoms with Gasteiger partial charge in [0, 0.05) is 30.3 Å². The van der Waals surface area contributed by atoms with Crippen molar-refractivity contribution in [3.63, 3.8) is 0 Å². The van der Waals surface area contributed by atoms with Crippen molar-refractivity contribution in [3.05, 3.63) is 75.7 Å². The lowest BCUT2D eigenvalue weighted by Gasteiger charge is -2.31. The first-order valence-electron chi connectivity index (χ1n) is 9.45. The van der Waals surface area contributed by atoms with Gasteiger partial charge in [-0.3, -0.25) is 9.59 Å². The zero-order valence-corrected chi connectivity index (χ0v) is 16.7. The molecular formula is C21H18F2N4O2S. The number of carbonyl (C=O) groups excluding carboxylic acids is 2. The Kier molecular flexibility index (Phi) is 5.80. The third kappa shape index (κ3) is 4.51. The standard InChI is InChI=1S/C21H18F2N4O2S/c22-15-5-3-13(4-6-15)21(29)27-11-1-2-14(12-27)19-25-26-20(30-19)18(28)24-17-9-7-16(23)8-10-17/h3-10,14H,1-2,11-12H2,(H,24,28)/t14-/m0/s1. The number of anilines is 1. The van der Waals surface area contributed by atoms with Gasteiger partial charge in [0.25, 0.3) is 11.8 Å². The molecule has 2 aromatic carbocycles. The molecule has 0 aliphatic carbocycles. The largest absolute Gasteiger partial charge is 0.338 e. The Balaban J connectivity index is 1.42. The van der Waals surface area contributed by atoms with Crippen molar-refractivity contribution in [2.75, 3.05) is 18.4 Å². The third-order valence-corrected chi connectivity index (χ3v) is 5.97. The monoisotopic (exact) mass is 428 g/mol. The summed E-state index contributed by atoms with van der Waals surface area (Å²) in [6.45, 7) is 1.08. The van der Waals surface area contributed by atoms with Crippen LogP contribution in [0, 0.1) is 11.6 Å². The van der Waals surface area contributed by atoms with Crippen LogP contribution in [-0.2, 0) is 0 Å². The molecule has 1 aliphatic heterocycles. The Hall–Kier alpha value is -3.20. The Morgan fingerprint density at radius 3 is 2.37 bits per heavy atom. The number of likely N-dealkylation sites (tertiary alicyclic amines) is 1. The van der Waals surface area contributed by atoms with Crippen molar-refractivity contribution in [2.45, 2.75) is 18.8 Å².